The molecule has 55 heavy (non-hydrogen) atoms. The number of fused-ring (bicyclic) bond motifs is 3. The lowest BCUT2D eigenvalue weighted by molar-refractivity contribution is 1.08. The number of thiophene rings is 1. The lowest BCUT2D eigenvalue weighted by atomic mass is 9.95. The molecule has 0 saturated heterocycles. The molecule has 4 heteroatoms. The van der Waals surface area contributed by atoms with Gasteiger partial charge in [-0.1, -0.05) is 170 Å². The minimum Gasteiger partial charge on any atom is -0.208 e. The van der Waals surface area contributed by atoms with E-state index in [1.54, 1.807) is 11.3 Å². The predicted octanol–water partition coefficient (Wildman–Crippen LogP) is 13.9. The Hall–Kier alpha value is -7.01. The number of hydrogen-bond donors (Lipinski definition) is 0. The zero-order valence-corrected chi connectivity index (χ0v) is 30.6. The minimum absolute atomic E-state index is 0.647. The van der Waals surface area contributed by atoms with Crippen molar-refractivity contribution in [3.8, 4) is 78.7 Å². The van der Waals surface area contributed by atoms with Crippen LogP contribution in [0.25, 0.3) is 98.8 Å². The Morgan fingerprint density at radius 1 is 0.273 bits per heavy atom. The summed E-state index contributed by atoms with van der Waals surface area (Å²) in [5, 5.41) is 2.35. The van der Waals surface area contributed by atoms with E-state index < -0.39 is 0 Å². The maximum Gasteiger partial charge on any atom is 0.164 e. The molecule has 8 aromatic carbocycles. The Bertz CT molecular complexity index is 2950. The highest BCUT2D eigenvalue weighted by atomic mass is 32.1. The molecule has 0 unspecified atom stereocenters. The Kier molecular flexibility index (Phi) is 8.36. The SMILES string of the molecule is c1ccc(-c2ccc(-c3nc(-c4ccccc4)nc(-c4cccc5sc6ccc(-c7cccc(-c8cccc(-c9ccccc9)c8)c7)cc6c45)n3)cc2)cc1. The summed E-state index contributed by atoms with van der Waals surface area (Å²) in [6.07, 6.45) is 0. The van der Waals surface area contributed by atoms with Gasteiger partial charge in [0.2, 0.25) is 0 Å². The molecule has 0 aliphatic carbocycles. The van der Waals surface area contributed by atoms with Gasteiger partial charge >= 0.3 is 0 Å². The van der Waals surface area contributed by atoms with Crippen molar-refractivity contribution in [1.82, 2.24) is 15.0 Å². The van der Waals surface area contributed by atoms with Crippen molar-refractivity contribution in [3.05, 3.63) is 200 Å². The fourth-order valence-corrected chi connectivity index (χ4v) is 8.48. The molecule has 0 N–H and O–H groups in total. The molecule has 0 bridgehead atoms. The third-order valence-corrected chi connectivity index (χ3v) is 11.3. The van der Waals surface area contributed by atoms with Gasteiger partial charge in [0, 0.05) is 36.9 Å². The van der Waals surface area contributed by atoms with Crippen molar-refractivity contribution >= 4 is 31.5 Å². The topological polar surface area (TPSA) is 38.7 Å². The summed E-state index contributed by atoms with van der Waals surface area (Å²) in [5.74, 6) is 1.96. The molecule has 0 aliphatic rings. The maximum absolute atomic E-state index is 5.18. The molecule has 0 fully saturated rings. The van der Waals surface area contributed by atoms with Gasteiger partial charge in [-0.15, -0.1) is 11.3 Å². The monoisotopic (exact) mass is 719 g/mol. The molecule has 3 nitrogen and oxygen atoms in total. The molecule has 0 radical (unpaired) electrons. The Labute approximate surface area is 323 Å². The molecule has 10 aromatic rings. The number of hydrogen-bond acceptors (Lipinski definition) is 4. The van der Waals surface area contributed by atoms with Gasteiger partial charge in [0.1, 0.15) is 0 Å². The van der Waals surface area contributed by atoms with Crippen molar-refractivity contribution in [2.24, 2.45) is 0 Å². The van der Waals surface area contributed by atoms with Crippen LogP contribution < -0.4 is 0 Å². The van der Waals surface area contributed by atoms with E-state index in [4.69, 9.17) is 15.0 Å². The summed E-state index contributed by atoms with van der Waals surface area (Å²) >= 11 is 1.80. The summed E-state index contributed by atoms with van der Waals surface area (Å²) in [4.78, 5) is 15.3. The van der Waals surface area contributed by atoms with Crippen LogP contribution in [0.2, 0.25) is 0 Å². The van der Waals surface area contributed by atoms with Crippen LogP contribution in [0, 0.1) is 0 Å². The average Bonchev–Trinajstić information content (AvgIpc) is 3.66. The van der Waals surface area contributed by atoms with Gasteiger partial charge in [0.15, 0.2) is 17.5 Å². The third kappa shape index (κ3) is 6.39. The van der Waals surface area contributed by atoms with Crippen LogP contribution in [0.5, 0.6) is 0 Å². The van der Waals surface area contributed by atoms with E-state index >= 15 is 0 Å². The Morgan fingerprint density at radius 3 is 1.27 bits per heavy atom. The van der Waals surface area contributed by atoms with Crippen molar-refractivity contribution in [2.75, 3.05) is 0 Å². The van der Waals surface area contributed by atoms with Gasteiger partial charge in [-0.25, -0.2) is 15.0 Å². The highest BCUT2D eigenvalue weighted by Gasteiger charge is 2.18. The lowest BCUT2D eigenvalue weighted by Gasteiger charge is -2.11. The molecule has 0 saturated carbocycles. The van der Waals surface area contributed by atoms with Gasteiger partial charge in [0.05, 0.1) is 0 Å². The first kappa shape index (κ1) is 32.6. The summed E-state index contributed by atoms with van der Waals surface area (Å²) in [6, 6.07) is 70.6. The van der Waals surface area contributed by atoms with Gasteiger partial charge in [-0.2, -0.15) is 0 Å². The molecule has 0 aliphatic heterocycles. The first-order chi connectivity index (χ1) is 27.2. The normalized spacial score (nSPS) is 11.3. The van der Waals surface area contributed by atoms with E-state index in [2.05, 4.69) is 176 Å². The molecule has 2 aromatic heterocycles. The first-order valence-electron chi connectivity index (χ1n) is 18.4. The zero-order valence-electron chi connectivity index (χ0n) is 29.8. The number of aromatic nitrogens is 3. The van der Waals surface area contributed by atoms with Gasteiger partial charge in [-0.3, -0.25) is 0 Å². The van der Waals surface area contributed by atoms with E-state index in [-0.39, 0.29) is 0 Å². The largest absolute Gasteiger partial charge is 0.208 e. The third-order valence-electron chi connectivity index (χ3n) is 10.2. The van der Waals surface area contributed by atoms with E-state index in [0.29, 0.717) is 17.5 Å². The molecular weight excluding hydrogens is 687 g/mol. The Morgan fingerprint density at radius 2 is 0.673 bits per heavy atom. The predicted molar refractivity (Wildman–Crippen MR) is 231 cm³/mol. The molecule has 258 valence electrons. The standard InChI is InChI=1S/C51H33N3S/c1-4-13-34(14-5-1)36-25-27-38(28-26-36)50-52-49(37-17-8-3-9-18-37)53-51(54-50)44-23-12-24-47-48(44)45-33-43(29-30-46(45)55-47)42-22-11-21-41(32-42)40-20-10-19-39(31-40)35-15-6-2-7-16-35/h1-33H. The molecular formula is C51H33N3S. The molecule has 0 atom stereocenters. The molecule has 2 heterocycles. The number of rotatable bonds is 7. The van der Waals surface area contributed by atoms with Crippen molar-refractivity contribution in [3.63, 3.8) is 0 Å². The van der Waals surface area contributed by atoms with Crippen LogP contribution in [0.15, 0.2) is 200 Å². The second-order valence-corrected chi connectivity index (χ2v) is 14.7. The van der Waals surface area contributed by atoms with Crippen LogP contribution >= 0.6 is 11.3 Å². The smallest absolute Gasteiger partial charge is 0.164 e. The summed E-state index contributed by atoms with van der Waals surface area (Å²) < 4.78 is 2.43. The van der Waals surface area contributed by atoms with E-state index in [1.807, 2.05) is 24.3 Å². The Balaban J connectivity index is 1.08. The minimum atomic E-state index is 0.647. The first-order valence-corrected chi connectivity index (χ1v) is 19.2. The molecule has 0 amide bonds. The summed E-state index contributed by atoms with van der Waals surface area (Å²) in [6.45, 7) is 0. The zero-order chi connectivity index (χ0) is 36.6. The van der Waals surface area contributed by atoms with Gasteiger partial charge < -0.3 is 0 Å². The van der Waals surface area contributed by atoms with Crippen molar-refractivity contribution in [2.45, 2.75) is 0 Å². The highest BCUT2D eigenvalue weighted by molar-refractivity contribution is 7.26. The summed E-state index contributed by atoms with van der Waals surface area (Å²) in [5.41, 5.74) is 12.4. The number of nitrogens with zero attached hydrogens (tertiary/aromatic N) is 3. The number of benzene rings is 8. The van der Waals surface area contributed by atoms with Crippen LogP contribution in [0.3, 0.4) is 0 Å². The highest BCUT2D eigenvalue weighted by Crippen LogP contribution is 2.42. The van der Waals surface area contributed by atoms with Crippen molar-refractivity contribution < 1.29 is 0 Å². The molecule has 10 rings (SSSR count). The van der Waals surface area contributed by atoms with Crippen LogP contribution in [0.1, 0.15) is 0 Å². The fourth-order valence-electron chi connectivity index (χ4n) is 7.36. The van der Waals surface area contributed by atoms with Gasteiger partial charge in [0.25, 0.3) is 0 Å². The summed E-state index contributed by atoms with van der Waals surface area (Å²) in [7, 11) is 0. The fraction of sp³-hybridized carbons (Fsp3) is 0. The maximum atomic E-state index is 5.18. The second kappa shape index (κ2) is 14.1. The van der Waals surface area contributed by atoms with Gasteiger partial charge in [-0.05, 0) is 74.8 Å². The second-order valence-electron chi connectivity index (χ2n) is 13.6. The van der Waals surface area contributed by atoms with Crippen LogP contribution in [-0.4, -0.2) is 15.0 Å². The van der Waals surface area contributed by atoms with E-state index in [0.717, 1.165) is 27.6 Å². The van der Waals surface area contributed by atoms with Crippen LogP contribution in [0.4, 0.5) is 0 Å². The average molecular weight is 720 g/mol. The lowest BCUT2D eigenvalue weighted by Crippen LogP contribution is -2.00. The van der Waals surface area contributed by atoms with Crippen molar-refractivity contribution in [1.29, 1.82) is 0 Å². The quantitative estimate of drug-likeness (QED) is 0.165. The van der Waals surface area contributed by atoms with Crippen LogP contribution in [-0.2, 0) is 0 Å². The molecule has 0 spiro atoms. The van der Waals surface area contributed by atoms with E-state index in [1.165, 1.54) is 53.7 Å². The van der Waals surface area contributed by atoms with E-state index in [9.17, 15) is 0 Å².